The predicted molar refractivity (Wildman–Crippen MR) is 127 cm³/mol. The zero-order valence-electron chi connectivity index (χ0n) is 18.4. The molecule has 0 saturated carbocycles. The van der Waals surface area contributed by atoms with Crippen molar-refractivity contribution < 1.29 is 13.9 Å². The molecule has 1 aliphatic rings. The molecule has 2 aromatic heterocycles. The molecule has 4 rings (SSSR count). The van der Waals surface area contributed by atoms with E-state index in [0.717, 1.165) is 12.8 Å². The van der Waals surface area contributed by atoms with Crippen LogP contribution >= 0.6 is 0 Å². The van der Waals surface area contributed by atoms with Crippen LogP contribution in [0.4, 0.5) is 16.0 Å². The smallest absolute Gasteiger partial charge is 0.246 e. The summed E-state index contributed by atoms with van der Waals surface area (Å²) < 4.78 is 20.5. The van der Waals surface area contributed by atoms with Crippen molar-refractivity contribution in [3.8, 4) is 11.6 Å². The van der Waals surface area contributed by atoms with Crippen molar-refractivity contribution in [2.24, 2.45) is 0 Å². The van der Waals surface area contributed by atoms with Gasteiger partial charge in [0, 0.05) is 25.2 Å². The number of ether oxygens (including phenoxy) is 1. The molecule has 174 valence electrons. The summed E-state index contributed by atoms with van der Waals surface area (Å²) in [4.78, 5) is 25.8. The highest BCUT2D eigenvalue weighted by atomic mass is 19.1. The number of hydrogen-bond donors (Lipinski definition) is 3. The first-order valence-electron chi connectivity index (χ1n) is 10.7. The summed E-state index contributed by atoms with van der Waals surface area (Å²) >= 11 is 0. The number of piperidine rings is 1. The maximum atomic E-state index is 14.9. The minimum absolute atomic E-state index is 0.0290. The number of hydrogen-bond acceptors (Lipinski definition) is 8. The van der Waals surface area contributed by atoms with E-state index >= 15 is 0 Å². The number of aromatic nitrogens is 3. The maximum absolute atomic E-state index is 14.9. The van der Waals surface area contributed by atoms with Gasteiger partial charge in [0.15, 0.2) is 0 Å². The van der Waals surface area contributed by atoms with Crippen LogP contribution in [0.3, 0.4) is 0 Å². The lowest BCUT2D eigenvalue weighted by Crippen LogP contribution is -2.44. The van der Waals surface area contributed by atoms with Gasteiger partial charge in [-0.2, -0.15) is 9.37 Å². The summed E-state index contributed by atoms with van der Waals surface area (Å²) in [5.74, 6) is -0.132. The summed E-state index contributed by atoms with van der Waals surface area (Å²) in [7, 11) is 0. The molecule has 4 N–H and O–H groups in total. The fourth-order valence-electron chi connectivity index (χ4n) is 3.78. The fourth-order valence-corrected chi connectivity index (χ4v) is 3.78. The van der Waals surface area contributed by atoms with E-state index in [1.54, 1.807) is 29.2 Å². The molecule has 1 aliphatic heterocycles. The third kappa shape index (κ3) is 5.01. The number of para-hydroxylation sites is 1. The van der Waals surface area contributed by atoms with Crippen LogP contribution in [0.2, 0.25) is 0 Å². The van der Waals surface area contributed by atoms with E-state index in [0.29, 0.717) is 24.7 Å². The van der Waals surface area contributed by atoms with Crippen molar-refractivity contribution in [1.29, 1.82) is 5.41 Å². The van der Waals surface area contributed by atoms with Crippen molar-refractivity contribution in [2.75, 3.05) is 24.1 Å². The number of amides is 1. The molecule has 1 fully saturated rings. The second kappa shape index (κ2) is 10.1. The average Bonchev–Trinajstić information content (AvgIpc) is 2.84. The van der Waals surface area contributed by atoms with Crippen molar-refractivity contribution >= 4 is 23.3 Å². The number of rotatable bonds is 7. The Hall–Kier alpha value is -4.34. The zero-order valence-corrected chi connectivity index (χ0v) is 18.4. The summed E-state index contributed by atoms with van der Waals surface area (Å²) in [6.45, 7) is 4.63. The second-order valence-electron chi connectivity index (χ2n) is 7.73. The number of nitrogen functional groups attached to an aromatic ring is 1. The van der Waals surface area contributed by atoms with Gasteiger partial charge in [0.25, 0.3) is 0 Å². The molecule has 0 spiro atoms. The minimum atomic E-state index is -0.881. The molecule has 34 heavy (non-hydrogen) atoms. The third-order valence-corrected chi connectivity index (χ3v) is 5.43. The summed E-state index contributed by atoms with van der Waals surface area (Å²) in [6, 6.07) is 11.6. The summed E-state index contributed by atoms with van der Waals surface area (Å²) in [5.41, 5.74) is 5.94. The number of nitrogens with zero attached hydrogens (tertiary/aromatic N) is 4. The summed E-state index contributed by atoms with van der Waals surface area (Å²) in [6.07, 6.45) is 4.15. The Labute approximate surface area is 196 Å². The molecule has 3 heterocycles. The minimum Gasteiger partial charge on any atom is -0.439 e. The standard InChI is InChI=1S/C24H24FN7O2/c1-2-19(33)32-12-6-7-15(13-32)30-24-20(23(27)28-14-29-24)21(26)17-10-11-18(31-22(17)25)34-16-8-4-3-5-9-16/h2-5,8-11,14-15,26H,1,6-7,12-13H2,(H3,27,28,29,30)/t15-/m1/s1. The van der Waals surface area contributed by atoms with Gasteiger partial charge in [0.05, 0.1) is 16.8 Å². The van der Waals surface area contributed by atoms with E-state index in [1.807, 2.05) is 6.07 Å². The number of nitrogens with one attached hydrogen (secondary N) is 2. The van der Waals surface area contributed by atoms with E-state index in [2.05, 4.69) is 26.8 Å². The lowest BCUT2D eigenvalue weighted by atomic mass is 10.0. The number of carbonyl (C=O) groups is 1. The molecule has 1 aromatic carbocycles. The van der Waals surface area contributed by atoms with E-state index < -0.39 is 5.95 Å². The van der Waals surface area contributed by atoms with Crippen molar-refractivity contribution in [1.82, 2.24) is 19.9 Å². The molecule has 0 radical (unpaired) electrons. The highest BCUT2D eigenvalue weighted by Gasteiger charge is 2.26. The molecular weight excluding hydrogens is 437 g/mol. The number of pyridine rings is 1. The highest BCUT2D eigenvalue weighted by molar-refractivity contribution is 6.16. The van der Waals surface area contributed by atoms with E-state index in [4.69, 9.17) is 15.9 Å². The monoisotopic (exact) mass is 461 g/mol. The van der Waals surface area contributed by atoms with Crippen LogP contribution in [0.1, 0.15) is 24.0 Å². The van der Waals surface area contributed by atoms with Gasteiger partial charge in [0.2, 0.25) is 17.7 Å². The van der Waals surface area contributed by atoms with Gasteiger partial charge in [-0.15, -0.1) is 0 Å². The van der Waals surface area contributed by atoms with E-state index in [1.165, 1.54) is 24.5 Å². The molecule has 0 aliphatic carbocycles. The van der Waals surface area contributed by atoms with Gasteiger partial charge in [-0.05, 0) is 37.1 Å². The molecule has 0 bridgehead atoms. The first kappa shape index (κ1) is 22.8. The van der Waals surface area contributed by atoms with Crippen LogP contribution in [0, 0.1) is 11.4 Å². The van der Waals surface area contributed by atoms with Gasteiger partial charge >= 0.3 is 0 Å². The first-order valence-corrected chi connectivity index (χ1v) is 10.7. The number of carbonyl (C=O) groups excluding carboxylic acids is 1. The summed E-state index contributed by atoms with van der Waals surface area (Å²) in [5, 5.41) is 11.9. The van der Waals surface area contributed by atoms with Gasteiger partial charge in [-0.25, -0.2) is 9.97 Å². The van der Waals surface area contributed by atoms with Crippen molar-refractivity contribution in [2.45, 2.75) is 18.9 Å². The Morgan fingerprint density at radius 3 is 2.79 bits per heavy atom. The zero-order chi connectivity index (χ0) is 24.1. The topological polar surface area (TPSA) is 130 Å². The number of halogens is 1. The normalized spacial score (nSPS) is 15.4. The third-order valence-electron chi connectivity index (χ3n) is 5.43. The van der Waals surface area contributed by atoms with Gasteiger partial charge in [-0.3, -0.25) is 10.2 Å². The molecule has 1 atom stereocenters. The van der Waals surface area contributed by atoms with Gasteiger partial charge in [0.1, 0.15) is 23.7 Å². The average molecular weight is 462 g/mol. The molecule has 0 unspecified atom stereocenters. The molecule has 10 heteroatoms. The van der Waals surface area contributed by atoms with Crippen molar-refractivity contribution in [3.05, 3.63) is 78.5 Å². The Bertz CT molecular complexity index is 1220. The molecular formula is C24H24FN7O2. The van der Waals surface area contributed by atoms with Crippen LogP contribution in [-0.2, 0) is 4.79 Å². The molecule has 3 aromatic rings. The van der Waals surface area contributed by atoms with Gasteiger partial charge in [-0.1, -0.05) is 24.8 Å². The molecule has 1 saturated heterocycles. The Morgan fingerprint density at radius 2 is 2.06 bits per heavy atom. The maximum Gasteiger partial charge on any atom is 0.246 e. The van der Waals surface area contributed by atoms with Crippen LogP contribution in [-0.4, -0.2) is 50.6 Å². The quantitative estimate of drug-likeness (QED) is 0.279. The van der Waals surface area contributed by atoms with E-state index in [9.17, 15) is 9.18 Å². The van der Waals surface area contributed by atoms with Gasteiger partial charge < -0.3 is 20.7 Å². The number of likely N-dealkylation sites (tertiary alicyclic amines) is 1. The predicted octanol–water partition coefficient (Wildman–Crippen LogP) is 3.39. The Balaban J connectivity index is 1.57. The first-order chi connectivity index (χ1) is 16.5. The fraction of sp³-hybridized carbons (Fsp3) is 0.208. The highest BCUT2D eigenvalue weighted by Crippen LogP contribution is 2.26. The van der Waals surface area contributed by atoms with E-state index in [-0.39, 0.29) is 40.5 Å². The van der Waals surface area contributed by atoms with Crippen LogP contribution < -0.4 is 15.8 Å². The second-order valence-corrected chi connectivity index (χ2v) is 7.73. The van der Waals surface area contributed by atoms with Crippen LogP contribution in [0.15, 0.2) is 61.4 Å². The Kier molecular flexibility index (Phi) is 6.77. The Morgan fingerprint density at radius 1 is 1.26 bits per heavy atom. The number of nitrogens with two attached hydrogens (primary N) is 1. The SMILES string of the molecule is C=CC(=O)N1CCC[C@@H](Nc2ncnc(N)c2C(=N)c2ccc(Oc3ccccc3)nc2F)C1. The van der Waals surface area contributed by atoms with Crippen LogP contribution in [0.5, 0.6) is 11.6 Å². The van der Waals surface area contributed by atoms with Crippen LogP contribution in [0.25, 0.3) is 0 Å². The number of benzene rings is 1. The lowest BCUT2D eigenvalue weighted by Gasteiger charge is -2.33. The molecule has 1 amide bonds. The number of anilines is 2. The molecule has 9 nitrogen and oxygen atoms in total. The largest absolute Gasteiger partial charge is 0.439 e. The van der Waals surface area contributed by atoms with Crippen molar-refractivity contribution in [3.63, 3.8) is 0 Å². The lowest BCUT2D eigenvalue weighted by molar-refractivity contribution is -0.127.